The van der Waals surface area contributed by atoms with Crippen LogP contribution in [0.4, 0.5) is 0 Å². The lowest BCUT2D eigenvalue weighted by Crippen LogP contribution is -2.36. The first-order chi connectivity index (χ1) is 29.7. The van der Waals surface area contributed by atoms with Crippen LogP contribution in [0.15, 0.2) is 212 Å². The van der Waals surface area contributed by atoms with Crippen LogP contribution in [0.3, 0.4) is 0 Å². The molecular formula is C54H49N3O3. The third-order valence-corrected chi connectivity index (χ3v) is 12.7. The van der Waals surface area contributed by atoms with E-state index in [1.54, 1.807) is 24.5 Å². The van der Waals surface area contributed by atoms with Crippen molar-refractivity contribution in [3.8, 4) is 0 Å². The smallest absolute Gasteiger partial charge is 0.271 e. The number of carbonyl (C=O) groups is 1. The van der Waals surface area contributed by atoms with Gasteiger partial charge in [-0.25, -0.2) is 5.43 Å². The maximum atomic E-state index is 13.3. The van der Waals surface area contributed by atoms with E-state index in [4.69, 9.17) is 14.6 Å². The number of hydrazone groups is 1. The summed E-state index contributed by atoms with van der Waals surface area (Å²) in [7, 11) is 0. The molecule has 0 radical (unpaired) electrons. The van der Waals surface area contributed by atoms with Crippen molar-refractivity contribution in [3.63, 3.8) is 0 Å². The van der Waals surface area contributed by atoms with Crippen LogP contribution in [0.25, 0.3) is 0 Å². The first kappa shape index (κ1) is 39.0. The predicted molar refractivity (Wildman–Crippen MR) is 237 cm³/mol. The summed E-state index contributed by atoms with van der Waals surface area (Å²) >= 11 is 0. The van der Waals surface area contributed by atoms with Gasteiger partial charge in [-0.05, 0) is 82.5 Å². The number of fused-ring (bicyclic) bond motifs is 1. The molecule has 1 N–H and O–H groups in total. The number of rotatable bonds is 14. The predicted octanol–water partition coefficient (Wildman–Crippen LogP) is 10.8. The minimum absolute atomic E-state index is 0.0935. The van der Waals surface area contributed by atoms with Crippen molar-refractivity contribution in [1.29, 1.82) is 0 Å². The first-order valence-electron chi connectivity index (χ1n) is 21.0. The molecule has 60 heavy (non-hydrogen) atoms. The van der Waals surface area contributed by atoms with Crippen molar-refractivity contribution in [2.24, 2.45) is 28.8 Å². The Bertz CT molecular complexity index is 2270. The molecule has 6 aromatic carbocycles. The Morgan fingerprint density at radius 3 is 1.28 bits per heavy atom. The summed E-state index contributed by atoms with van der Waals surface area (Å²) in [6.07, 6.45) is 5.88. The molecule has 1 amide bonds. The van der Waals surface area contributed by atoms with E-state index in [1.165, 1.54) is 0 Å². The Labute approximate surface area is 353 Å². The number of hydrogen-bond acceptors (Lipinski definition) is 5. The molecule has 0 bridgehead atoms. The third kappa shape index (κ3) is 7.61. The second kappa shape index (κ2) is 17.8. The monoisotopic (exact) mass is 787 g/mol. The third-order valence-electron chi connectivity index (χ3n) is 12.7. The minimum Gasteiger partial charge on any atom is -0.361 e. The van der Waals surface area contributed by atoms with Gasteiger partial charge in [0.1, 0.15) is 11.2 Å². The summed E-state index contributed by atoms with van der Waals surface area (Å²) in [5.41, 5.74) is 9.23. The molecule has 1 heterocycles. The highest BCUT2D eigenvalue weighted by atomic mass is 16.5. The molecule has 0 saturated heterocycles. The molecule has 0 aliphatic heterocycles. The van der Waals surface area contributed by atoms with E-state index in [0.29, 0.717) is 18.8 Å². The van der Waals surface area contributed by atoms with Gasteiger partial charge in [-0.2, -0.15) is 5.10 Å². The summed E-state index contributed by atoms with van der Waals surface area (Å²) in [5.74, 6) is 0.458. The van der Waals surface area contributed by atoms with E-state index in [0.717, 1.165) is 58.4 Å². The topological polar surface area (TPSA) is 72.8 Å². The molecule has 1 aromatic heterocycles. The molecule has 9 rings (SSSR count). The molecule has 6 heteroatoms. The molecule has 4 atom stereocenters. The second-order valence-corrected chi connectivity index (χ2v) is 15.9. The molecule has 298 valence electrons. The summed E-state index contributed by atoms with van der Waals surface area (Å²) in [6.45, 7) is 1.02. The lowest BCUT2D eigenvalue weighted by atomic mass is 9.79. The van der Waals surface area contributed by atoms with Gasteiger partial charge < -0.3 is 9.47 Å². The zero-order chi connectivity index (χ0) is 40.6. The first-order valence-corrected chi connectivity index (χ1v) is 21.0. The number of hydrogen-bond donors (Lipinski definition) is 1. The van der Waals surface area contributed by atoms with Gasteiger partial charge in [0.2, 0.25) is 0 Å². The van der Waals surface area contributed by atoms with Gasteiger partial charge in [0.25, 0.3) is 5.91 Å². The normalized spacial score (nSPS) is 19.5. The van der Waals surface area contributed by atoms with Crippen molar-refractivity contribution in [1.82, 2.24) is 10.4 Å². The van der Waals surface area contributed by atoms with Crippen LogP contribution < -0.4 is 5.43 Å². The van der Waals surface area contributed by atoms with Crippen LogP contribution in [0.1, 0.15) is 63.0 Å². The summed E-state index contributed by atoms with van der Waals surface area (Å²) < 4.78 is 15.1. The molecular weight excluding hydrogens is 739 g/mol. The number of nitrogens with zero attached hydrogens (tertiary/aromatic N) is 2. The highest BCUT2D eigenvalue weighted by molar-refractivity contribution is 5.96. The van der Waals surface area contributed by atoms with Crippen LogP contribution in [0.2, 0.25) is 0 Å². The Morgan fingerprint density at radius 2 is 0.900 bits per heavy atom. The molecule has 6 nitrogen and oxygen atoms in total. The van der Waals surface area contributed by atoms with Gasteiger partial charge in [0.05, 0.1) is 13.2 Å². The standard InChI is InChI=1S/C54H49N3O3/c58-52(40-33-35-55-36-34-40)57-56-50-32-31-49-41(38-59-53(43-19-7-1-8-20-43,44-21-9-2-10-22-44)45-23-11-3-12-24-45)37-42(51(49)50)39-60-54(46-25-13-4-14-26-46,47-27-15-5-16-28-47)48-29-17-6-18-30-48/h1-30,33-36,41-42,49,51H,31-32,37-39H2,(H,57,58)/b56-50+/t41-,42+,49+,51-/m1/s1. The number of aromatic nitrogens is 1. The van der Waals surface area contributed by atoms with Crippen LogP contribution in [0, 0.1) is 23.7 Å². The molecule has 7 aromatic rings. The van der Waals surface area contributed by atoms with Gasteiger partial charge in [-0.3, -0.25) is 9.78 Å². The summed E-state index contributed by atoms with van der Waals surface area (Å²) in [5, 5.41) is 4.90. The number of ether oxygens (including phenoxy) is 2. The molecule has 2 saturated carbocycles. The van der Waals surface area contributed by atoms with Crippen molar-refractivity contribution < 1.29 is 14.3 Å². The van der Waals surface area contributed by atoms with Crippen LogP contribution >= 0.6 is 0 Å². The fraction of sp³-hybridized carbons (Fsp3) is 0.204. The van der Waals surface area contributed by atoms with Crippen molar-refractivity contribution in [2.75, 3.05) is 13.2 Å². The fourth-order valence-corrected chi connectivity index (χ4v) is 9.95. The van der Waals surface area contributed by atoms with Crippen LogP contribution in [0.5, 0.6) is 0 Å². The minimum atomic E-state index is -0.859. The van der Waals surface area contributed by atoms with Gasteiger partial charge in [0.15, 0.2) is 0 Å². The van der Waals surface area contributed by atoms with Crippen LogP contribution in [-0.2, 0) is 20.7 Å². The Balaban J connectivity index is 1.09. The summed E-state index contributed by atoms with van der Waals surface area (Å²) in [6, 6.07) is 66.9. The number of amides is 1. The lowest BCUT2D eigenvalue weighted by Gasteiger charge is -2.37. The molecule has 2 fully saturated rings. The number of benzene rings is 6. The Morgan fingerprint density at radius 1 is 0.533 bits per heavy atom. The SMILES string of the molecule is O=C(N/N=C1\CC[C@H]2[C@@H](COC(c3ccccc3)(c3ccccc3)c3ccccc3)C[C@@H](COC(c3ccccc3)(c3ccccc3)c3ccccc3)[C@@H]12)c1ccncc1. The fourth-order valence-electron chi connectivity index (χ4n) is 9.95. The van der Waals surface area contributed by atoms with E-state index in [1.807, 2.05) is 0 Å². The Hall–Kier alpha value is -6.47. The number of nitrogens with one attached hydrogen (secondary N) is 1. The maximum Gasteiger partial charge on any atom is 0.271 e. The van der Waals surface area contributed by atoms with E-state index in [-0.39, 0.29) is 29.6 Å². The van der Waals surface area contributed by atoms with Gasteiger partial charge in [-0.15, -0.1) is 0 Å². The average Bonchev–Trinajstić information content (AvgIpc) is 3.92. The summed E-state index contributed by atoms with van der Waals surface area (Å²) in [4.78, 5) is 17.4. The molecule has 0 unspecified atom stereocenters. The zero-order valence-corrected chi connectivity index (χ0v) is 33.6. The van der Waals surface area contributed by atoms with Crippen molar-refractivity contribution in [2.45, 2.75) is 30.5 Å². The molecule has 2 aliphatic rings. The Kier molecular flexibility index (Phi) is 11.6. The number of carbonyl (C=O) groups excluding carboxylic acids is 1. The van der Waals surface area contributed by atoms with E-state index in [2.05, 4.69) is 192 Å². The maximum absolute atomic E-state index is 13.3. The highest BCUT2D eigenvalue weighted by Gasteiger charge is 2.51. The van der Waals surface area contributed by atoms with Gasteiger partial charge >= 0.3 is 0 Å². The highest BCUT2D eigenvalue weighted by Crippen LogP contribution is 2.52. The second-order valence-electron chi connectivity index (χ2n) is 15.9. The average molecular weight is 788 g/mol. The van der Waals surface area contributed by atoms with E-state index < -0.39 is 11.2 Å². The van der Waals surface area contributed by atoms with Crippen molar-refractivity contribution >= 4 is 11.6 Å². The largest absolute Gasteiger partial charge is 0.361 e. The molecule has 0 spiro atoms. The lowest BCUT2D eigenvalue weighted by molar-refractivity contribution is -0.0209. The van der Waals surface area contributed by atoms with Gasteiger partial charge in [-0.1, -0.05) is 182 Å². The molecule has 2 aliphatic carbocycles. The number of pyridine rings is 1. The van der Waals surface area contributed by atoms with E-state index in [9.17, 15) is 4.79 Å². The van der Waals surface area contributed by atoms with Crippen molar-refractivity contribution in [3.05, 3.63) is 245 Å². The van der Waals surface area contributed by atoms with E-state index >= 15 is 0 Å². The zero-order valence-electron chi connectivity index (χ0n) is 33.6. The van der Waals surface area contributed by atoms with Gasteiger partial charge in [0, 0.05) is 29.6 Å². The van der Waals surface area contributed by atoms with Crippen LogP contribution in [-0.4, -0.2) is 29.8 Å². The quantitative estimate of drug-likeness (QED) is 0.0880.